The van der Waals surface area contributed by atoms with Crippen LogP contribution in [0.25, 0.3) is 0 Å². The standard InChI is InChI=1S/C16H18N2O2/c1-4-12-5-7-13(8-6-12)9-14-17-10(2)15(16(19)20)11(3)18-14/h5-8H,4,9H2,1-3H3,(H,19,20). The molecule has 0 radical (unpaired) electrons. The van der Waals surface area contributed by atoms with Crippen LogP contribution >= 0.6 is 0 Å². The van der Waals surface area contributed by atoms with Crippen LogP contribution in [-0.4, -0.2) is 21.0 Å². The van der Waals surface area contributed by atoms with Gasteiger partial charge in [-0.05, 0) is 31.4 Å². The van der Waals surface area contributed by atoms with Crippen molar-refractivity contribution in [3.8, 4) is 0 Å². The van der Waals surface area contributed by atoms with Crippen molar-refractivity contribution in [1.29, 1.82) is 0 Å². The van der Waals surface area contributed by atoms with E-state index in [1.54, 1.807) is 13.8 Å². The van der Waals surface area contributed by atoms with Crippen LogP contribution in [0.2, 0.25) is 0 Å². The minimum atomic E-state index is -0.973. The largest absolute Gasteiger partial charge is 0.478 e. The van der Waals surface area contributed by atoms with Crippen LogP contribution in [0.1, 0.15) is 45.6 Å². The molecule has 0 saturated carbocycles. The highest BCUT2D eigenvalue weighted by Gasteiger charge is 2.14. The first kappa shape index (κ1) is 14.2. The van der Waals surface area contributed by atoms with Crippen molar-refractivity contribution in [2.45, 2.75) is 33.6 Å². The fourth-order valence-electron chi connectivity index (χ4n) is 2.25. The van der Waals surface area contributed by atoms with E-state index in [-0.39, 0.29) is 5.56 Å². The minimum absolute atomic E-state index is 0.204. The molecule has 0 fully saturated rings. The average Bonchev–Trinajstić information content (AvgIpc) is 2.38. The first-order valence-electron chi connectivity index (χ1n) is 6.66. The molecule has 0 bridgehead atoms. The number of benzene rings is 1. The maximum absolute atomic E-state index is 11.1. The molecule has 4 nitrogen and oxygen atoms in total. The van der Waals surface area contributed by atoms with Crippen LogP contribution in [0.4, 0.5) is 0 Å². The Morgan fingerprint density at radius 2 is 1.55 bits per heavy atom. The van der Waals surface area contributed by atoms with Crippen molar-refractivity contribution in [3.63, 3.8) is 0 Å². The first-order valence-corrected chi connectivity index (χ1v) is 6.66. The monoisotopic (exact) mass is 270 g/mol. The van der Waals surface area contributed by atoms with Gasteiger partial charge in [0.1, 0.15) is 11.4 Å². The number of carboxylic acid groups (broad SMARTS) is 1. The molecule has 1 aromatic heterocycles. The zero-order chi connectivity index (χ0) is 14.7. The van der Waals surface area contributed by atoms with Crippen LogP contribution in [0.15, 0.2) is 24.3 Å². The van der Waals surface area contributed by atoms with Gasteiger partial charge in [0.15, 0.2) is 0 Å². The predicted octanol–water partition coefficient (Wildman–Crippen LogP) is 2.94. The smallest absolute Gasteiger partial charge is 0.339 e. The van der Waals surface area contributed by atoms with E-state index in [1.807, 2.05) is 0 Å². The Bertz CT molecular complexity index is 610. The second-order valence-corrected chi connectivity index (χ2v) is 4.84. The molecule has 0 aliphatic rings. The molecule has 1 heterocycles. The van der Waals surface area contributed by atoms with Crippen LogP contribution in [0, 0.1) is 13.8 Å². The third-order valence-electron chi connectivity index (χ3n) is 3.32. The molecule has 20 heavy (non-hydrogen) atoms. The van der Waals surface area contributed by atoms with Gasteiger partial charge in [0.2, 0.25) is 0 Å². The normalized spacial score (nSPS) is 10.6. The molecule has 0 aliphatic heterocycles. The molecule has 104 valence electrons. The fourth-order valence-corrected chi connectivity index (χ4v) is 2.25. The Balaban J connectivity index is 2.27. The summed E-state index contributed by atoms with van der Waals surface area (Å²) in [6.07, 6.45) is 1.63. The van der Waals surface area contributed by atoms with E-state index in [2.05, 4.69) is 41.2 Å². The summed E-state index contributed by atoms with van der Waals surface area (Å²) in [5, 5.41) is 9.10. The third-order valence-corrected chi connectivity index (χ3v) is 3.32. The van der Waals surface area contributed by atoms with Gasteiger partial charge in [0, 0.05) is 6.42 Å². The molecule has 2 aromatic rings. The highest BCUT2D eigenvalue weighted by atomic mass is 16.4. The van der Waals surface area contributed by atoms with Gasteiger partial charge in [-0.25, -0.2) is 14.8 Å². The lowest BCUT2D eigenvalue weighted by atomic mass is 10.1. The zero-order valence-electron chi connectivity index (χ0n) is 12.0. The summed E-state index contributed by atoms with van der Waals surface area (Å²) in [6, 6.07) is 8.33. The Kier molecular flexibility index (Phi) is 4.13. The number of aromatic nitrogens is 2. The van der Waals surface area contributed by atoms with Gasteiger partial charge < -0.3 is 5.11 Å². The van der Waals surface area contributed by atoms with Crippen molar-refractivity contribution in [3.05, 3.63) is 58.2 Å². The maximum Gasteiger partial charge on any atom is 0.339 e. The quantitative estimate of drug-likeness (QED) is 0.927. The Hall–Kier alpha value is -2.23. The number of rotatable bonds is 4. The highest BCUT2D eigenvalue weighted by molar-refractivity contribution is 5.89. The third kappa shape index (κ3) is 3.02. The molecule has 0 saturated heterocycles. The average molecular weight is 270 g/mol. The number of hydrogen-bond donors (Lipinski definition) is 1. The summed E-state index contributed by atoms with van der Waals surface area (Å²) in [7, 11) is 0. The predicted molar refractivity (Wildman–Crippen MR) is 77.1 cm³/mol. The molecule has 0 spiro atoms. The van der Waals surface area contributed by atoms with E-state index in [0.29, 0.717) is 23.6 Å². The molecule has 0 unspecified atom stereocenters. The van der Waals surface area contributed by atoms with Crippen molar-refractivity contribution in [2.24, 2.45) is 0 Å². The second-order valence-electron chi connectivity index (χ2n) is 4.84. The Labute approximate surface area is 118 Å². The van der Waals surface area contributed by atoms with Crippen LogP contribution in [0.5, 0.6) is 0 Å². The van der Waals surface area contributed by atoms with Crippen LogP contribution in [0.3, 0.4) is 0 Å². The SMILES string of the molecule is CCc1ccc(Cc2nc(C)c(C(=O)O)c(C)n2)cc1. The summed E-state index contributed by atoms with van der Waals surface area (Å²) >= 11 is 0. The first-order chi connectivity index (χ1) is 9.51. The second kappa shape index (κ2) is 5.82. The van der Waals surface area contributed by atoms with E-state index < -0.39 is 5.97 Å². The van der Waals surface area contributed by atoms with E-state index >= 15 is 0 Å². The maximum atomic E-state index is 11.1. The molecule has 1 aromatic carbocycles. The Morgan fingerprint density at radius 3 is 2.00 bits per heavy atom. The van der Waals surface area contributed by atoms with Gasteiger partial charge in [-0.2, -0.15) is 0 Å². The van der Waals surface area contributed by atoms with Crippen LogP contribution < -0.4 is 0 Å². The number of carbonyl (C=O) groups is 1. The van der Waals surface area contributed by atoms with Gasteiger partial charge >= 0.3 is 5.97 Å². The number of hydrogen-bond acceptors (Lipinski definition) is 3. The molecule has 4 heteroatoms. The van der Waals surface area contributed by atoms with Crippen molar-refractivity contribution in [2.75, 3.05) is 0 Å². The molecule has 2 rings (SSSR count). The lowest BCUT2D eigenvalue weighted by Gasteiger charge is -2.08. The summed E-state index contributed by atoms with van der Waals surface area (Å²) in [5.74, 6) is -0.312. The topological polar surface area (TPSA) is 63.1 Å². The van der Waals surface area contributed by atoms with Gasteiger partial charge in [0.25, 0.3) is 0 Å². The lowest BCUT2D eigenvalue weighted by molar-refractivity contribution is 0.0694. The fraction of sp³-hybridized carbons (Fsp3) is 0.312. The Morgan fingerprint density at radius 1 is 1.05 bits per heavy atom. The van der Waals surface area contributed by atoms with Crippen molar-refractivity contribution >= 4 is 5.97 Å². The minimum Gasteiger partial charge on any atom is -0.478 e. The van der Waals surface area contributed by atoms with E-state index in [0.717, 1.165) is 12.0 Å². The van der Waals surface area contributed by atoms with Crippen molar-refractivity contribution in [1.82, 2.24) is 9.97 Å². The highest BCUT2D eigenvalue weighted by Crippen LogP contribution is 2.13. The van der Waals surface area contributed by atoms with Crippen LogP contribution in [-0.2, 0) is 12.8 Å². The number of nitrogens with zero attached hydrogens (tertiary/aromatic N) is 2. The van der Waals surface area contributed by atoms with E-state index in [1.165, 1.54) is 5.56 Å². The van der Waals surface area contributed by atoms with Crippen molar-refractivity contribution < 1.29 is 9.90 Å². The van der Waals surface area contributed by atoms with Gasteiger partial charge in [0.05, 0.1) is 11.4 Å². The molecule has 0 atom stereocenters. The summed E-state index contributed by atoms with van der Waals surface area (Å²) in [6.45, 7) is 5.54. The zero-order valence-corrected chi connectivity index (χ0v) is 12.0. The van der Waals surface area contributed by atoms with E-state index in [9.17, 15) is 4.79 Å². The molecule has 0 amide bonds. The molecular weight excluding hydrogens is 252 g/mol. The molecule has 1 N–H and O–H groups in total. The lowest BCUT2D eigenvalue weighted by Crippen LogP contribution is -2.10. The number of carboxylic acids is 1. The summed E-state index contributed by atoms with van der Waals surface area (Å²) in [5.41, 5.74) is 3.66. The number of aromatic carboxylic acids is 1. The van der Waals surface area contributed by atoms with Gasteiger partial charge in [-0.3, -0.25) is 0 Å². The van der Waals surface area contributed by atoms with E-state index in [4.69, 9.17) is 5.11 Å². The summed E-state index contributed by atoms with van der Waals surface area (Å²) < 4.78 is 0. The molecule has 0 aliphatic carbocycles. The summed E-state index contributed by atoms with van der Waals surface area (Å²) in [4.78, 5) is 19.7. The molecular formula is C16H18N2O2. The van der Waals surface area contributed by atoms with Gasteiger partial charge in [-0.15, -0.1) is 0 Å². The number of aryl methyl sites for hydroxylation is 3. The van der Waals surface area contributed by atoms with Gasteiger partial charge in [-0.1, -0.05) is 31.2 Å².